The fourth-order valence-electron chi connectivity index (χ4n) is 11.0. The molecule has 5 aliphatic rings. The van der Waals surface area contributed by atoms with E-state index >= 15 is 0 Å². The minimum absolute atomic E-state index is 0.0923. The summed E-state index contributed by atoms with van der Waals surface area (Å²) in [5.41, 5.74) is 13.4. The van der Waals surface area contributed by atoms with Crippen LogP contribution in [0, 0.1) is 17.8 Å². The summed E-state index contributed by atoms with van der Waals surface area (Å²) >= 11 is 0. The monoisotopic (exact) mass is 676 g/mol. The van der Waals surface area contributed by atoms with E-state index in [0.29, 0.717) is 22.9 Å². The maximum atomic E-state index is 6.16. The zero-order valence-electron chi connectivity index (χ0n) is 29.6. The van der Waals surface area contributed by atoms with Gasteiger partial charge in [-0.1, -0.05) is 105 Å². The highest BCUT2D eigenvalue weighted by atomic mass is 16.3. The standard InChI is InChI=1S/C47H40N4O/c1-46(2)39-11-7-6-10-36(39)37-17-14-33(23-40(37)46)35-18-19-38(41-42(35)52-27-48-41)45-50-43(31-8-4-3-5-9-31)49-44(51-45)32-12-15-34(16-13-32)47-24-28-20-29(25-47)22-30(21-28)26-47/h3-19,23,27-30H,20-22,24-26H2,1-2H3. The maximum absolute atomic E-state index is 6.16. The van der Waals surface area contributed by atoms with E-state index in [1.165, 1.54) is 72.7 Å². The Morgan fingerprint density at radius 1 is 0.538 bits per heavy atom. The molecule has 0 amide bonds. The predicted molar refractivity (Wildman–Crippen MR) is 207 cm³/mol. The third-order valence-electron chi connectivity index (χ3n) is 13.1. The molecule has 52 heavy (non-hydrogen) atoms. The molecule has 12 rings (SSSR count). The number of aromatic nitrogens is 4. The normalized spacial score (nSPS) is 23.5. The van der Waals surface area contributed by atoms with Gasteiger partial charge < -0.3 is 4.42 Å². The Morgan fingerprint density at radius 3 is 1.85 bits per heavy atom. The van der Waals surface area contributed by atoms with Gasteiger partial charge in [-0.15, -0.1) is 0 Å². The average molecular weight is 677 g/mol. The van der Waals surface area contributed by atoms with Crippen molar-refractivity contribution in [1.29, 1.82) is 0 Å². The molecule has 0 atom stereocenters. The largest absolute Gasteiger partial charge is 0.443 e. The second-order valence-corrected chi connectivity index (χ2v) is 16.6. The lowest BCUT2D eigenvalue weighted by atomic mass is 9.48. The highest BCUT2D eigenvalue weighted by molar-refractivity contribution is 5.99. The van der Waals surface area contributed by atoms with Gasteiger partial charge >= 0.3 is 0 Å². The molecule has 0 radical (unpaired) electrons. The summed E-state index contributed by atoms with van der Waals surface area (Å²) in [5, 5.41) is 0. The predicted octanol–water partition coefficient (Wildman–Crippen LogP) is 11.5. The number of rotatable bonds is 5. The average Bonchev–Trinajstić information content (AvgIpc) is 3.75. The molecule has 0 saturated heterocycles. The molecule has 0 spiro atoms. The number of benzene rings is 5. The number of nitrogens with zero attached hydrogens (tertiary/aromatic N) is 4. The zero-order valence-corrected chi connectivity index (χ0v) is 29.6. The van der Waals surface area contributed by atoms with Crippen LogP contribution in [0.5, 0.6) is 0 Å². The van der Waals surface area contributed by atoms with Gasteiger partial charge in [0.1, 0.15) is 5.52 Å². The van der Waals surface area contributed by atoms with Crippen molar-refractivity contribution in [2.24, 2.45) is 17.8 Å². The third-order valence-corrected chi connectivity index (χ3v) is 13.1. The zero-order chi connectivity index (χ0) is 34.6. The Labute approximate surface area is 304 Å². The molecule has 0 unspecified atom stereocenters. The molecule has 7 aromatic rings. The van der Waals surface area contributed by atoms with Crippen LogP contribution in [0.15, 0.2) is 120 Å². The van der Waals surface area contributed by atoms with Crippen molar-refractivity contribution in [2.75, 3.05) is 0 Å². The first-order valence-electron chi connectivity index (χ1n) is 19.0. The van der Waals surface area contributed by atoms with Crippen molar-refractivity contribution in [3.8, 4) is 56.4 Å². The number of hydrogen-bond acceptors (Lipinski definition) is 5. The van der Waals surface area contributed by atoms with Gasteiger partial charge in [-0.3, -0.25) is 0 Å². The third kappa shape index (κ3) is 4.54. The summed E-state index contributed by atoms with van der Waals surface area (Å²) in [4.78, 5) is 20.0. The smallest absolute Gasteiger partial charge is 0.182 e. The van der Waals surface area contributed by atoms with Crippen molar-refractivity contribution in [2.45, 2.75) is 63.2 Å². The minimum Gasteiger partial charge on any atom is -0.443 e. The molecule has 4 bridgehead atoms. The topological polar surface area (TPSA) is 64.7 Å². The molecule has 0 N–H and O–H groups in total. The Kier molecular flexibility index (Phi) is 6.42. The number of hydrogen-bond donors (Lipinski definition) is 0. The van der Waals surface area contributed by atoms with Crippen LogP contribution in [0.2, 0.25) is 0 Å². The van der Waals surface area contributed by atoms with E-state index in [2.05, 4.69) is 105 Å². The van der Waals surface area contributed by atoms with Gasteiger partial charge in [0.2, 0.25) is 0 Å². The van der Waals surface area contributed by atoms with Gasteiger partial charge in [0.15, 0.2) is 29.4 Å². The summed E-state index contributed by atoms with van der Waals surface area (Å²) in [6.07, 6.45) is 9.95. The maximum Gasteiger partial charge on any atom is 0.182 e. The van der Waals surface area contributed by atoms with Crippen molar-refractivity contribution in [3.05, 3.63) is 132 Å². The fourth-order valence-corrected chi connectivity index (χ4v) is 11.0. The molecule has 254 valence electrons. The lowest BCUT2D eigenvalue weighted by Crippen LogP contribution is -2.48. The summed E-state index contributed by atoms with van der Waals surface area (Å²) in [5.74, 6) is 4.64. The summed E-state index contributed by atoms with van der Waals surface area (Å²) < 4.78 is 6.16. The summed E-state index contributed by atoms with van der Waals surface area (Å²) in [6.45, 7) is 4.63. The molecular weight excluding hydrogens is 637 g/mol. The molecule has 2 aromatic heterocycles. The second kappa shape index (κ2) is 11.0. The van der Waals surface area contributed by atoms with Gasteiger partial charge in [0.25, 0.3) is 0 Å². The molecule has 5 nitrogen and oxygen atoms in total. The quantitative estimate of drug-likeness (QED) is 0.182. The van der Waals surface area contributed by atoms with E-state index in [0.717, 1.165) is 56.7 Å². The van der Waals surface area contributed by atoms with Crippen molar-refractivity contribution >= 4 is 11.1 Å². The second-order valence-electron chi connectivity index (χ2n) is 16.6. The van der Waals surface area contributed by atoms with E-state index in [1.54, 1.807) is 0 Å². The Balaban J connectivity index is 1.000. The van der Waals surface area contributed by atoms with Gasteiger partial charge in [-0.25, -0.2) is 19.9 Å². The van der Waals surface area contributed by atoms with Gasteiger partial charge in [0, 0.05) is 27.7 Å². The first kappa shape index (κ1) is 30.2. The molecular formula is C47H40N4O. The van der Waals surface area contributed by atoms with Crippen LogP contribution >= 0.6 is 0 Å². The van der Waals surface area contributed by atoms with Crippen molar-refractivity contribution in [3.63, 3.8) is 0 Å². The number of oxazole rings is 1. The lowest BCUT2D eigenvalue weighted by Gasteiger charge is -2.57. The highest BCUT2D eigenvalue weighted by Crippen LogP contribution is 2.61. The Hall–Kier alpha value is -5.42. The first-order chi connectivity index (χ1) is 25.4. The first-order valence-corrected chi connectivity index (χ1v) is 19.0. The molecule has 2 heterocycles. The molecule has 5 heteroatoms. The van der Waals surface area contributed by atoms with Gasteiger partial charge in [-0.05, 0) is 113 Å². The lowest BCUT2D eigenvalue weighted by molar-refractivity contribution is -0.00518. The van der Waals surface area contributed by atoms with Crippen LogP contribution in [0.3, 0.4) is 0 Å². The van der Waals surface area contributed by atoms with E-state index in [-0.39, 0.29) is 5.41 Å². The van der Waals surface area contributed by atoms with E-state index in [1.807, 2.05) is 18.2 Å². The fraction of sp³-hybridized carbons (Fsp3) is 0.277. The summed E-state index contributed by atoms with van der Waals surface area (Å²) in [6, 6.07) is 39.2. The van der Waals surface area contributed by atoms with Crippen LogP contribution in [-0.4, -0.2) is 19.9 Å². The van der Waals surface area contributed by atoms with Crippen molar-refractivity contribution < 1.29 is 4.42 Å². The van der Waals surface area contributed by atoms with Crippen LogP contribution in [-0.2, 0) is 10.8 Å². The minimum atomic E-state index is -0.0923. The van der Waals surface area contributed by atoms with Gasteiger partial charge in [-0.2, -0.15) is 0 Å². The van der Waals surface area contributed by atoms with Crippen LogP contribution in [0.4, 0.5) is 0 Å². The Bertz CT molecular complexity index is 2490. The van der Waals surface area contributed by atoms with E-state index in [4.69, 9.17) is 24.4 Å². The van der Waals surface area contributed by atoms with Crippen LogP contribution in [0.1, 0.15) is 69.1 Å². The molecule has 4 saturated carbocycles. The Morgan fingerprint density at radius 2 is 1.12 bits per heavy atom. The summed E-state index contributed by atoms with van der Waals surface area (Å²) in [7, 11) is 0. The molecule has 4 fully saturated rings. The molecule has 5 aliphatic carbocycles. The van der Waals surface area contributed by atoms with Crippen LogP contribution in [0.25, 0.3) is 67.5 Å². The SMILES string of the molecule is CC1(C)c2ccccc2-c2ccc(-c3ccc(-c4nc(-c5ccccc5)nc(-c5ccc(C67CC8CC(CC(C8)C6)C7)cc5)n4)c4ncoc34)cc21. The molecule has 0 aliphatic heterocycles. The van der Waals surface area contributed by atoms with Gasteiger partial charge in [0.05, 0.1) is 0 Å². The van der Waals surface area contributed by atoms with E-state index in [9.17, 15) is 0 Å². The highest BCUT2D eigenvalue weighted by Gasteiger charge is 2.51. The van der Waals surface area contributed by atoms with Crippen molar-refractivity contribution in [1.82, 2.24) is 19.9 Å². The molecule has 5 aromatic carbocycles. The van der Waals surface area contributed by atoms with E-state index < -0.39 is 0 Å². The van der Waals surface area contributed by atoms with Crippen LogP contribution < -0.4 is 0 Å². The number of fused-ring (bicyclic) bond motifs is 4.